The third-order valence-electron chi connectivity index (χ3n) is 3.44. The lowest BCUT2D eigenvalue weighted by atomic mass is 10.2. The molecule has 2 amide bonds. The Bertz CT molecular complexity index is 757. The van der Waals surface area contributed by atoms with E-state index in [1.165, 1.54) is 12.1 Å². The molecule has 1 unspecified atom stereocenters. The van der Waals surface area contributed by atoms with Gasteiger partial charge in [0.1, 0.15) is 6.04 Å². The monoisotopic (exact) mass is 368 g/mol. The highest BCUT2D eigenvalue weighted by molar-refractivity contribution is 6.35. The molecule has 0 saturated carbocycles. The van der Waals surface area contributed by atoms with E-state index in [1.54, 1.807) is 30.3 Å². The fourth-order valence-electron chi connectivity index (χ4n) is 2.43. The van der Waals surface area contributed by atoms with Crippen molar-refractivity contribution in [3.63, 3.8) is 0 Å². The molecule has 0 radical (unpaired) electrons. The van der Waals surface area contributed by atoms with E-state index in [0.717, 1.165) is 4.90 Å². The van der Waals surface area contributed by atoms with Crippen molar-refractivity contribution in [1.82, 2.24) is 0 Å². The second kappa shape index (κ2) is 6.40. The molecule has 2 aromatic carbocycles. The van der Waals surface area contributed by atoms with Crippen molar-refractivity contribution in [3.8, 4) is 0 Å². The SMILES string of the molecule is O=C1CC(Nc2ccc(Cl)cc2)C(=O)N1c1cc(Cl)cc(Cl)c1. The summed E-state index contributed by atoms with van der Waals surface area (Å²) in [5.74, 6) is -0.650. The van der Waals surface area contributed by atoms with Crippen LogP contribution in [0, 0.1) is 0 Å². The summed E-state index contributed by atoms with van der Waals surface area (Å²) in [4.78, 5) is 25.9. The molecule has 4 nitrogen and oxygen atoms in total. The van der Waals surface area contributed by atoms with Gasteiger partial charge >= 0.3 is 0 Å². The van der Waals surface area contributed by atoms with Gasteiger partial charge in [0.2, 0.25) is 5.91 Å². The zero-order valence-electron chi connectivity index (χ0n) is 11.7. The first-order valence-corrected chi connectivity index (χ1v) is 7.92. The van der Waals surface area contributed by atoms with Gasteiger partial charge in [-0.05, 0) is 42.5 Å². The molecular formula is C16H11Cl3N2O2. The molecule has 0 aliphatic carbocycles. The Morgan fingerprint density at radius 1 is 0.913 bits per heavy atom. The lowest BCUT2D eigenvalue weighted by Crippen LogP contribution is -2.34. The summed E-state index contributed by atoms with van der Waals surface area (Å²) in [6, 6.07) is 10.9. The van der Waals surface area contributed by atoms with Gasteiger partial charge in [-0.3, -0.25) is 9.59 Å². The predicted molar refractivity (Wildman–Crippen MR) is 92.4 cm³/mol. The van der Waals surface area contributed by atoms with Crippen LogP contribution in [0.15, 0.2) is 42.5 Å². The summed E-state index contributed by atoms with van der Waals surface area (Å²) in [5.41, 5.74) is 1.09. The van der Waals surface area contributed by atoms with Gasteiger partial charge in [-0.25, -0.2) is 4.90 Å². The van der Waals surface area contributed by atoms with Crippen LogP contribution in [0.4, 0.5) is 11.4 Å². The van der Waals surface area contributed by atoms with Crippen LogP contribution in [0.5, 0.6) is 0 Å². The van der Waals surface area contributed by atoms with Crippen molar-refractivity contribution < 1.29 is 9.59 Å². The minimum atomic E-state index is -0.638. The maximum absolute atomic E-state index is 12.5. The van der Waals surface area contributed by atoms with Crippen LogP contribution < -0.4 is 10.2 Å². The van der Waals surface area contributed by atoms with E-state index in [0.29, 0.717) is 26.4 Å². The van der Waals surface area contributed by atoms with Crippen molar-refractivity contribution in [3.05, 3.63) is 57.5 Å². The summed E-state index contributed by atoms with van der Waals surface area (Å²) in [6.45, 7) is 0. The standard InChI is InChI=1S/C16H11Cl3N2O2/c17-9-1-3-12(4-2-9)20-14-8-15(22)21(16(14)23)13-6-10(18)5-11(19)7-13/h1-7,14,20H,8H2. The minimum Gasteiger partial charge on any atom is -0.373 e. The van der Waals surface area contributed by atoms with E-state index in [1.807, 2.05) is 0 Å². The number of carbonyl (C=O) groups is 2. The molecule has 7 heteroatoms. The number of hydrogen-bond donors (Lipinski definition) is 1. The van der Waals surface area contributed by atoms with Gasteiger partial charge < -0.3 is 5.32 Å². The van der Waals surface area contributed by atoms with Gasteiger partial charge in [-0.1, -0.05) is 34.8 Å². The Hall–Kier alpha value is -1.75. The summed E-state index contributed by atoms with van der Waals surface area (Å²) in [7, 11) is 0. The topological polar surface area (TPSA) is 49.4 Å². The maximum atomic E-state index is 12.5. The van der Waals surface area contributed by atoms with Gasteiger partial charge in [-0.2, -0.15) is 0 Å². The highest BCUT2D eigenvalue weighted by atomic mass is 35.5. The lowest BCUT2D eigenvalue weighted by molar-refractivity contribution is -0.121. The highest BCUT2D eigenvalue weighted by Gasteiger charge is 2.39. The van der Waals surface area contributed by atoms with Crippen LogP contribution in [-0.2, 0) is 9.59 Å². The molecule has 3 rings (SSSR count). The highest BCUT2D eigenvalue weighted by Crippen LogP contribution is 2.30. The number of imide groups is 1. The first kappa shape index (κ1) is 16.1. The van der Waals surface area contributed by atoms with Gasteiger partial charge in [-0.15, -0.1) is 0 Å². The number of carbonyl (C=O) groups excluding carboxylic acids is 2. The fraction of sp³-hybridized carbons (Fsp3) is 0.125. The average molecular weight is 370 g/mol. The number of anilines is 2. The molecule has 1 atom stereocenters. The minimum absolute atomic E-state index is 0.0611. The Morgan fingerprint density at radius 3 is 2.13 bits per heavy atom. The van der Waals surface area contributed by atoms with Crippen molar-refractivity contribution in [2.45, 2.75) is 12.5 Å². The predicted octanol–water partition coefficient (Wildman–Crippen LogP) is 4.39. The van der Waals surface area contributed by atoms with E-state index in [4.69, 9.17) is 34.8 Å². The van der Waals surface area contributed by atoms with E-state index in [2.05, 4.69) is 5.32 Å². The first-order chi connectivity index (χ1) is 10.9. The first-order valence-electron chi connectivity index (χ1n) is 6.79. The quantitative estimate of drug-likeness (QED) is 0.816. The summed E-state index contributed by atoms with van der Waals surface area (Å²) >= 11 is 17.7. The normalized spacial score (nSPS) is 17.7. The number of amides is 2. The molecule has 0 aromatic heterocycles. The second-order valence-corrected chi connectivity index (χ2v) is 6.41. The summed E-state index contributed by atoms with van der Waals surface area (Å²) in [5, 5.41) is 4.36. The number of benzene rings is 2. The third kappa shape index (κ3) is 3.44. The van der Waals surface area contributed by atoms with Crippen molar-refractivity contribution in [2.24, 2.45) is 0 Å². The van der Waals surface area contributed by atoms with Gasteiger partial charge in [0, 0.05) is 20.8 Å². The van der Waals surface area contributed by atoms with E-state index in [-0.39, 0.29) is 18.2 Å². The molecule has 1 heterocycles. The number of hydrogen-bond acceptors (Lipinski definition) is 3. The molecule has 1 aliphatic rings. The molecule has 0 spiro atoms. The second-order valence-electron chi connectivity index (χ2n) is 5.10. The largest absolute Gasteiger partial charge is 0.373 e. The third-order valence-corrected chi connectivity index (χ3v) is 4.13. The number of halogens is 3. The Kier molecular flexibility index (Phi) is 4.48. The molecule has 118 valence electrons. The number of rotatable bonds is 3. The Morgan fingerprint density at radius 2 is 1.52 bits per heavy atom. The smallest absolute Gasteiger partial charge is 0.256 e. The molecular weight excluding hydrogens is 359 g/mol. The average Bonchev–Trinajstić information content (AvgIpc) is 2.75. The van der Waals surface area contributed by atoms with Crippen LogP contribution in [0.2, 0.25) is 15.1 Å². The molecule has 1 saturated heterocycles. The van der Waals surface area contributed by atoms with Crippen molar-refractivity contribution in [2.75, 3.05) is 10.2 Å². The van der Waals surface area contributed by atoms with Crippen LogP contribution in [0.1, 0.15) is 6.42 Å². The van der Waals surface area contributed by atoms with Crippen LogP contribution in [0.25, 0.3) is 0 Å². The maximum Gasteiger partial charge on any atom is 0.256 e. The van der Waals surface area contributed by atoms with Crippen LogP contribution in [0.3, 0.4) is 0 Å². The molecule has 2 aromatic rings. The molecule has 1 N–H and O–H groups in total. The zero-order chi connectivity index (χ0) is 16.6. The number of nitrogens with zero attached hydrogens (tertiary/aromatic N) is 1. The van der Waals surface area contributed by atoms with Gasteiger partial charge in [0.25, 0.3) is 5.91 Å². The van der Waals surface area contributed by atoms with Crippen molar-refractivity contribution >= 4 is 58.0 Å². The summed E-state index contributed by atoms with van der Waals surface area (Å²) < 4.78 is 0. The summed E-state index contributed by atoms with van der Waals surface area (Å²) in [6.07, 6.45) is 0.0611. The van der Waals surface area contributed by atoms with Crippen LogP contribution in [-0.4, -0.2) is 17.9 Å². The lowest BCUT2D eigenvalue weighted by Gasteiger charge is -2.16. The van der Waals surface area contributed by atoms with Crippen LogP contribution >= 0.6 is 34.8 Å². The number of nitrogens with one attached hydrogen (secondary N) is 1. The van der Waals surface area contributed by atoms with Crippen molar-refractivity contribution in [1.29, 1.82) is 0 Å². The zero-order valence-corrected chi connectivity index (χ0v) is 14.0. The van der Waals surface area contributed by atoms with Gasteiger partial charge in [0.15, 0.2) is 0 Å². The fourth-order valence-corrected chi connectivity index (χ4v) is 3.07. The Balaban J connectivity index is 1.83. The molecule has 1 fully saturated rings. The van der Waals surface area contributed by atoms with E-state index < -0.39 is 6.04 Å². The molecule has 0 bridgehead atoms. The molecule has 1 aliphatic heterocycles. The molecule has 23 heavy (non-hydrogen) atoms. The van der Waals surface area contributed by atoms with E-state index in [9.17, 15) is 9.59 Å². The van der Waals surface area contributed by atoms with E-state index >= 15 is 0 Å². The Labute approximate surface area is 147 Å². The van der Waals surface area contributed by atoms with Gasteiger partial charge in [0.05, 0.1) is 12.1 Å².